The van der Waals surface area contributed by atoms with E-state index in [0.29, 0.717) is 0 Å². The van der Waals surface area contributed by atoms with Crippen molar-refractivity contribution in [2.75, 3.05) is 5.32 Å². The average molecular weight is 187 g/mol. The molecule has 2 rings (SSSR count). The number of nitrogens with one attached hydrogen (secondary N) is 1. The number of anilines is 1. The monoisotopic (exact) mass is 187 g/mol. The summed E-state index contributed by atoms with van der Waals surface area (Å²) >= 11 is 0. The SMILES string of the molecule is Cn1ccc(NCc2ccccc2)n1. The van der Waals surface area contributed by atoms with Crippen molar-refractivity contribution in [2.24, 2.45) is 7.05 Å². The molecule has 3 nitrogen and oxygen atoms in total. The van der Waals surface area contributed by atoms with E-state index in [-0.39, 0.29) is 0 Å². The average Bonchev–Trinajstić information content (AvgIpc) is 2.63. The van der Waals surface area contributed by atoms with Crippen molar-refractivity contribution in [3.05, 3.63) is 48.2 Å². The van der Waals surface area contributed by atoms with Gasteiger partial charge in [-0.3, -0.25) is 4.68 Å². The number of hydrogen-bond donors (Lipinski definition) is 1. The maximum atomic E-state index is 4.23. The molecule has 1 aromatic carbocycles. The molecule has 0 radical (unpaired) electrons. The Labute approximate surface area is 83.4 Å². The summed E-state index contributed by atoms with van der Waals surface area (Å²) in [6, 6.07) is 12.2. The molecule has 14 heavy (non-hydrogen) atoms. The highest BCUT2D eigenvalue weighted by atomic mass is 15.3. The van der Waals surface area contributed by atoms with Crippen LogP contribution in [0.15, 0.2) is 42.6 Å². The lowest BCUT2D eigenvalue weighted by molar-refractivity contribution is 0.768. The molecule has 0 bridgehead atoms. The second-order valence-electron chi connectivity index (χ2n) is 3.21. The van der Waals surface area contributed by atoms with Crippen LogP contribution in [0.1, 0.15) is 5.56 Å². The Morgan fingerprint density at radius 3 is 2.64 bits per heavy atom. The van der Waals surface area contributed by atoms with E-state index in [2.05, 4.69) is 22.5 Å². The first kappa shape index (κ1) is 8.81. The van der Waals surface area contributed by atoms with Crippen molar-refractivity contribution in [3.63, 3.8) is 0 Å². The number of rotatable bonds is 3. The number of hydrogen-bond acceptors (Lipinski definition) is 2. The number of nitrogens with zero attached hydrogens (tertiary/aromatic N) is 2. The molecule has 0 saturated heterocycles. The molecule has 0 aliphatic heterocycles. The zero-order valence-electron chi connectivity index (χ0n) is 8.14. The van der Waals surface area contributed by atoms with Crippen molar-refractivity contribution in [1.29, 1.82) is 0 Å². The van der Waals surface area contributed by atoms with E-state index in [0.717, 1.165) is 12.4 Å². The van der Waals surface area contributed by atoms with Gasteiger partial charge in [0.05, 0.1) is 0 Å². The van der Waals surface area contributed by atoms with Crippen LogP contribution < -0.4 is 5.32 Å². The molecule has 0 atom stereocenters. The number of benzene rings is 1. The molecule has 0 spiro atoms. The maximum absolute atomic E-state index is 4.23. The Hall–Kier alpha value is -1.77. The summed E-state index contributed by atoms with van der Waals surface area (Å²) in [5.41, 5.74) is 1.26. The predicted molar refractivity (Wildman–Crippen MR) is 57.0 cm³/mol. The molecule has 0 aliphatic rings. The van der Waals surface area contributed by atoms with Gasteiger partial charge in [0.15, 0.2) is 0 Å². The van der Waals surface area contributed by atoms with E-state index in [9.17, 15) is 0 Å². The zero-order valence-corrected chi connectivity index (χ0v) is 8.14. The highest BCUT2D eigenvalue weighted by molar-refractivity contribution is 5.33. The highest BCUT2D eigenvalue weighted by Crippen LogP contribution is 2.05. The lowest BCUT2D eigenvalue weighted by Crippen LogP contribution is -2.00. The van der Waals surface area contributed by atoms with Gasteiger partial charge < -0.3 is 5.32 Å². The van der Waals surface area contributed by atoms with Crippen LogP contribution in [0.3, 0.4) is 0 Å². The topological polar surface area (TPSA) is 29.9 Å². The van der Waals surface area contributed by atoms with Gasteiger partial charge in [-0.15, -0.1) is 0 Å². The van der Waals surface area contributed by atoms with Crippen LogP contribution in [0.4, 0.5) is 5.82 Å². The molecule has 2 aromatic rings. The smallest absolute Gasteiger partial charge is 0.148 e. The summed E-state index contributed by atoms with van der Waals surface area (Å²) < 4.78 is 1.79. The van der Waals surface area contributed by atoms with Gasteiger partial charge in [0, 0.05) is 25.9 Å². The summed E-state index contributed by atoms with van der Waals surface area (Å²) in [7, 11) is 1.91. The molecule has 1 N–H and O–H groups in total. The standard InChI is InChI=1S/C11H13N3/c1-14-8-7-11(13-14)12-9-10-5-3-2-4-6-10/h2-8H,9H2,1H3,(H,12,13). The van der Waals surface area contributed by atoms with Gasteiger partial charge in [0.2, 0.25) is 0 Å². The van der Waals surface area contributed by atoms with Gasteiger partial charge in [-0.25, -0.2) is 0 Å². The minimum atomic E-state index is 0.817. The van der Waals surface area contributed by atoms with E-state index in [1.807, 2.05) is 37.5 Å². The van der Waals surface area contributed by atoms with Crippen molar-refractivity contribution < 1.29 is 0 Å². The predicted octanol–water partition coefficient (Wildman–Crippen LogP) is 2.03. The van der Waals surface area contributed by atoms with E-state index in [4.69, 9.17) is 0 Å². The summed E-state index contributed by atoms with van der Waals surface area (Å²) in [5.74, 6) is 0.913. The summed E-state index contributed by atoms with van der Waals surface area (Å²) in [4.78, 5) is 0. The van der Waals surface area contributed by atoms with Gasteiger partial charge >= 0.3 is 0 Å². The number of aryl methyl sites for hydroxylation is 1. The van der Waals surface area contributed by atoms with Crippen LogP contribution >= 0.6 is 0 Å². The molecule has 72 valence electrons. The van der Waals surface area contributed by atoms with Crippen LogP contribution in [-0.2, 0) is 13.6 Å². The van der Waals surface area contributed by atoms with Crippen LogP contribution in [0.5, 0.6) is 0 Å². The van der Waals surface area contributed by atoms with Crippen LogP contribution in [0, 0.1) is 0 Å². The third kappa shape index (κ3) is 2.13. The van der Waals surface area contributed by atoms with E-state index in [1.165, 1.54) is 5.56 Å². The van der Waals surface area contributed by atoms with E-state index >= 15 is 0 Å². The lowest BCUT2D eigenvalue weighted by atomic mass is 10.2. The van der Waals surface area contributed by atoms with Crippen LogP contribution in [-0.4, -0.2) is 9.78 Å². The van der Waals surface area contributed by atoms with Crippen molar-refractivity contribution >= 4 is 5.82 Å². The van der Waals surface area contributed by atoms with Gasteiger partial charge in [0.1, 0.15) is 5.82 Å². The first-order chi connectivity index (χ1) is 6.84. The first-order valence-corrected chi connectivity index (χ1v) is 4.62. The van der Waals surface area contributed by atoms with Crippen molar-refractivity contribution in [2.45, 2.75) is 6.54 Å². The number of aromatic nitrogens is 2. The molecule has 0 fully saturated rings. The Morgan fingerprint density at radius 1 is 1.21 bits per heavy atom. The van der Waals surface area contributed by atoms with Crippen molar-refractivity contribution in [3.8, 4) is 0 Å². The Balaban J connectivity index is 1.95. The zero-order chi connectivity index (χ0) is 9.80. The fraction of sp³-hybridized carbons (Fsp3) is 0.182. The second kappa shape index (κ2) is 3.96. The molecule has 1 heterocycles. The van der Waals surface area contributed by atoms with E-state index < -0.39 is 0 Å². The Morgan fingerprint density at radius 2 is 2.00 bits per heavy atom. The normalized spacial score (nSPS) is 10.1. The molecular weight excluding hydrogens is 174 g/mol. The molecule has 0 unspecified atom stereocenters. The fourth-order valence-corrected chi connectivity index (χ4v) is 1.30. The lowest BCUT2D eigenvalue weighted by Gasteiger charge is -2.01. The molecule has 0 aliphatic carbocycles. The van der Waals surface area contributed by atoms with Crippen LogP contribution in [0.25, 0.3) is 0 Å². The summed E-state index contributed by atoms with van der Waals surface area (Å²) in [5, 5.41) is 7.48. The molecule has 0 saturated carbocycles. The molecular formula is C11H13N3. The van der Waals surface area contributed by atoms with E-state index in [1.54, 1.807) is 4.68 Å². The first-order valence-electron chi connectivity index (χ1n) is 4.62. The minimum Gasteiger partial charge on any atom is -0.365 e. The van der Waals surface area contributed by atoms with Gasteiger partial charge in [-0.05, 0) is 5.56 Å². The Bertz CT molecular complexity index is 392. The summed E-state index contributed by atoms with van der Waals surface area (Å²) in [6.45, 7) is 0.817. The summed E-state index contributed by atoms with van der Waals surface area (Å²) in [6.07, 6.45) is 1.92. The molecule has 3 heteroatoms. The fourth-order valence-electron chi connectivity index (χ4n) is 1.30. The largest absolute Gasteiger partial charge is 0.365 e. The quantitative estimate of drug-likeness (QED) is 0.796. The van der Waals surface area contributed by atoms with Crippen LogP contribution in [0.2, 0.25) is 0 Å². The van der Waals surface area contributed by atoms with Crippen molar-refractivity contribution in [1.82, 2.24) is 9.78 Å². The van der Waals surface area contributed by atoms with Gasteiger partial charge in [-0.1, -0.05) is 30.3 Å². The minimum absolute atomic E-state index is 0.817. The Kier molecular flexibility index (Phi) is 2.49. The van der Waals surface area contributed by atoms with Gasteiger partial charge in [0.25, 0.3) is 0 Å². The second-order valence-corrected chi connectivity index (χ2v) is 3.21. The third-order valence-corrected chi connectivity index (χ3v) is 2.03. The maximum Gasteiger partial charge on any atom is 0.148 e. The van der Waals surface area contributed by atoms with Gasteiger partial charge in [-0.2, -0.15) is 5.10 Å². The third-order valence-electron chi connectivity index (χ3n) is 2.03. The highest BCUT2D eigenvalue weighted by Gasteiger charge is 1.95. The molecule has 0 amide bonds. The molecule has 1 aromatic heterocycles.